The van der Waals surface area contributed by atoms with Crippen LogP contribution in [0.15, 0.2) is 30.5 Å². The summed E-state index contributed by atoms with van der Waals surface area (Å²) in [5, 5.41) is 3.13. The van der Waals surface area contributed by atoms with Gasteiger partial charge in [0.1, 0.15) is 5.75 Å². The Balaban J connectivity index is 1.82. The zero-order valence-corrected chi connectivity index (χ0v) is 15.9. The molecule has 0 atom stereocenters. The van der Waals surface area contributed by atoms with E-state index in [-0.39, 0.29) is 17.3 Å². The van der Waals surface area contributed by atoms with Gasteiger partial charge in [0.25, 0.3) is 5.91 Å². The fraction of sp³-hybridized carbons (Fsp3) is 0.278. The molecule has 0 unspecified atom stereocenters. The third-order valence-electron chi connectivity index (χ3n) is 3.62. The van der Waals surface area contributed by atoms with Crippen LogP contribution in [-0.2, 0) is 20.7 Å². The summed E-state index contributed by atoms with van der Waals surface area (Å²) in [6.07, 6.45) is 1.97. The van der Waals surface area contributed by atoms with E-state index in [0.717, 1.165) is 5.56 Å². The summed E-state index contributed by atoms with van der Waals surface area (Å²) in [5.74, 6) is -0.148. The topological polar surface area (TPSA) is 77.5 Å². The smallest absolute Gasteiger partial charge is 0.306 e. The van der Waals surface area contributed by atoms with Gasteiger partial charge in [-0.1, -0.05) is 41.4 Å². The first-order valence-corrected chi connectivity index (χ1v) is 8.56. The molecule has 1 aromatic heterocycles. The average Bonchev–Trinajstić information content (AvgIpc) is 2.65. The van der Waals surface area contributed by atoms with E-state index < -0.39 is 18.5 Å². The van der Waals surface area contributed by atoms with Crippen LogP contribution in [0.25, 0.3) is 0 Å². The van der Waals surface area contributed by atoms with Crippen molar-refractivity contribution in [1.29, 1.82) is 0 Å². The van der Waals surface area contributed by atoms with E-state index in [0.29, 0.717) is 22.8 Å². The van der Waals surface area contributed by atoms with Crippen molar-refractivity contribution in [3.63, 3.8) is 0 Å². The molecule has 138 valence electrons. The van der Waals surface area contributed by atoms with E-state index in [1.807, 2.05) is 24.3 Å². The first-order valence-electron chi connectivity index (χ1n) is 7.80. The lowest BCUT2D eigenvalue weighted by atomic mass is 10.1. The van der Waals surface area contributed by atoms with E-state index in [2.05, 4.69) is 10.3 Å². The van der Waals surface area contributed by atoms with Crippen molar-refractivity contribution in [2.75, 3.05) is 19.0 Å². The Hall–Kier alpha value is -2.31. The molecule has 6 nitrogen and oxygen atoms in total. The van der Waals surface area contributed by atoms with E-state index in [4.69, 9.17) is 32.7 Å². The summed E-state index contributed by atoms with van der Waals surface area (Å²) in [6, 6.07) is 7.40. The Bertz CT molecular complexity index is 812. The van der Waals surface area contributed by atoms with Crippen LogP contribution in [0.1, 0.15) is 17.5 Å². The number of nitrogens with one attached hydrogen (secondary N) is 1. The Morgan fingerprint density at radius 1 is 1.23 bits per heavy atom. The molecule has 0 saturated heterocycles. The zero-order valence-electron chi connectivity index (χ0n) is 14.3. The lowest BCUT2D eigenvalue weighted by Crippen LogP contribution is -2.22. The van der Waals surface area contributed by atoms with Gasteiger partial charge in [-0.3, -0.25) is 9.59 Å². The standard InChI is InChI=1S/C18H18Cl2N2O4/c1-11-13(19)9-21-18(17(11)20)22-15(23)10-26-16(24)8-7-12-5-3-4-6-14(12)25-2/h3-6,9H,7-8,10H2,1-2H3,(H,21,22,23). The summed E-state index contributed by atoms with van der Waals surface area (Å²) in [5.41, 5.74) is 1.50. The monoisotopic (exact) mass is 396 g/mol. The molecule has 26 heavy (non-hydrogen) atoms. The van der Waals surface area contributed by atoms with Crippen molar-refractivity contribution in [2.24, 2.45) is 0 Å². The molecule has 1 heterocycles. The molecular weight excluding hydrogens is 379 g/mol. The maximum atomic E-state index is 11.9. The van der Waals surface area contributed by atoms with E-state index >= 15 is 0 Å². The normalized spacial score (nSPS) is 10.3. The highest BCUT2D eigenvalue weighted by molar-refractivity contribution is 6.37. The molecule has 0 fully saturated rings. The molecule has 2 rings (SSSR count). The van der Waals surface area contributed by atoms with E-state index in [1.54, 1.807) is 14.0 Å². The molecule has 1 aromatic carbocycles. The number of para-hydroxylation sites is 1. The van der Waals surface area contributed by atoms with Gasteiger partial charge in [0.05, 0.1) is 17.2 Å². The summed E-state index contributed by atoms with van der Waals surface area (Å²) in [6.45, 7) is 1.28. The average molecular weight is 397 g/mol. The third kappa shape index (κ3) is 5.34. The van der Waals surface area contributed by atoms with Gasteiger partial charge in [-0.2, -0.15) is 0 Å². The number of halogens is 2. The number of hydrogen-bond acceptors (Lipinski definition) is 5. The molecule has 2 aromatic rings. The predicted molar refractivity (Wildman–Crippen MR) is 99.9 cm³/mol. The predicted octanol–water partition coefficient (Wildman–Crippen LogP) is 3.82. The number of rotatable bonds is 7. The van der Waals surface area contributed by atoms with E-state index in [1.165, 1.54) is 6.20 Å². The molecule has 0 saturated carbocycles. The highest BCUT2D eigenvalue weighted by atomic mass is 35.5. The third-order valence-corrected chi connectivity index (χ3v) is 4.46. The van der Waals surface area contributed by atoms with Crippen molar-refractivity contribution in [3.8, 4) is 5.75 Å². The number of anilines is 1. The summed E-state index contributed by atoms with van der Waals surface area (Å²) >= 11 is 12.0. The maximum absolute atomic E-state index is 11.9. The number of ether oxygens (including phenoxy) is 2. The second-order valence-electron chi connectivity index (χ2n) is 5.41. The number of carbonyl (C=O) groups is 2. The van der Waals surface area contributed by atoms with Crippen LogP contribution >= 0.6 is 23.2 Å². The Morgan fingerprint density at radius 3 is 2.69 bits per heavy atom. The number of nitrogens with zero attached hydrogens (tertiary/aromatic N) is 1. The quantitative estimate of drug-likeness (QED) is 0.719. The highest BCUT2D eigenvalue weighted by Gasteiger charge is 2.14. The molecule has 0 aliphatic heterocycles. The number of amides is 1. The summed E-state index contributed by atoms with van der Waals surface area (Å²) in [7, 11) is 1.57. The van der Waals surface area contributed by atoms with Gasteiger partial charge in [0, 0.05) is 12.6 Å². The molecule has 0 spiro atoms. The minimum absolute atomic E-state index is 0.132. The first-order chi connectivity index (χ1) is 12.4. The number of methoxy groups -OCH3 is 1. The molecule has 0 bridgehead atoms. The maximum Gasteiger partial charge on any atom is 0.306 e. The van der Waals surface area contributed by atoms with Crippen LogP contribution in [0.5, 0.6) is 5.75 Å². The number of aryl methyl sites for hydroxylation is 1. The number of esters is 1. The summed E-state index contributed by atoms with van der Waals surface area (Å²) < 4.78 is 10.2. The molecule has 8 heteroatoms. The van der Waals surface area contributed by atoms with Crippen LogP contribution < -0.4 is 10.1 Å². The fourth-order valence-corrected chi connectivity index (χ4v) is 2.57. The minimum Gasteiger partial charge on any atom is -0.496 e. The van der Waals surface area contributed by atoms with Gasteiger partial charge in [-0.25, -0.2) is 4.98 Å². The highest BCUT2D eigenvalue weighted by Crippen LogP contribution is 2.28. The van der Waals surface area contributed by atoms with Crippen LogP contribution in [0.2, 0.25) is 10.0 Å². The second kappa shape index (κ2) is 9.40. The van der Waals surface area contributed by atoms with Crippen LogP contribution in [0.4, 0.5) is 5.82 Å². The molecule has 1 amide bonds. The molecule has 1 N–H and O–H groups in total. The molecular formula is C18H18Cl2N2O4. The van der Waals surface area contributed by atoms with Gasteiger partial charge < -0.3 is 14.8 Å². The second-order valence-corrected chi connectivity index (χ2v) is 6.20. The van der Waals surface area contributed by atoms with Crippen molar-refractivity contribution in [3.05, 3.63) is 51.6 Å². The van der Waals surface area contributed by atoms with Crippen LogP contribution in [0.3, 0.4) is 0 Å². The Labute approximate surface area is 161 Å². The van der Waals surface area contributed by atoms with Crippen molar-refractivity contribution >= 4 is 40.9 Å². The molecule has 0 radical (unpaired) electrons. The van der Waals surface area contributed by atoms with Crippen LogP contribution in [0, 0.1) is 6.92 Å². The van der Waals surface area contributed by atoms with Crippen molar-refractivity contribution < 1.29 is 19.1 Å². The van der Waals surface area contributed by atoms with Crippen molar-refractivity contribution in [1.82, 2.24) is 4.98 Å². The molecule has 0 aliphatic rings. The Morgan fingerprint density at radius 2 is 1.96 bits per heavy atom. The van der Waals surface area contributed by atoms with Gasteiger partial charge in [-0.15, -0.1) is 0 Å². The number of hydrogen-bond donors (Lipinski definition) is 1. The van der Waals surface area contributed by atoms with Gasteiger partial charge in [0.2, 0.25) is 0 Å². The van der Waals surface area contributed by atoms with Crippen molar-refractivity contribution in [2.45, 2.75) is 19.8 Å². The lowest BCUT2D eigenvalue weighted by Gasteiger charge is -2.10. The number of pyridine rings is 1. The largest absolute Gasteiger partial charge is 0.496 e. The first kappa shape index (κ1) is 20.0. The SMILES string of the molecule is COc1ccccc1CCC(=O)OCC(=O)Nc1ncc(Cl)c(C)c1Cl. The van der Waals surface area contributed by atoms with Gasteiger partial charge >= 0.3 is 5.97 Å². The minimum atomic E-state index is -0.535. The lowest BCUT2D eigenvalue weighted by molar-refractivity contribution is -0.147. The van der Waals surface area contributed by atoms with Crippen LogP contribution in [-0.4, -0.2) is 30.6 Å². The van der Waals surface area contributed by atoms with E-state index in [9.17, 15) is 9.59 Å². The molecule has 0 aliphatic carbocycles. The number of benzene rings is 1. The van der Waals surface area contributed by atoms with Gasteiger partial charge in [-0.05, 0) is 30.5 Å². The summed E-state index contributed by atoms with van der Waals surface area (Å²) in [4.78, 5) is 27.7. The fourth-order valence-electron chi connectivity index (χ4n) is 2.18. The Kier molecular flexibility index (Phi) is 7.24. The van der Waals surface area contributed by atoms with Gasteiger partial charge in [0.15, 0.2) is 12.4 Å². The number of carbonyl (C=O) groups excluding carboxylic acids is 2. The number of aromatic nitrogens is 1. The zero-order chi connectivity index (χ0) is 19.1.